The maximum absolute atomic E-state index is 5.48. The van der Waals surface area contributed by atoms with Crippen molar-refractivity contribution in [3.05, 3.63) is 28.5 Å². The summed E-state index contributed by atoms with van der Waals surface area (Å²) in [5.74, 6) is 0.783. The van der Waals surface area contributed by atoms with E-state index in [1.807, 2.05) is 0 Å². The van der Waals surface area contributed by atoms with Crippen molar-refractivity contribution in [3.63, 3.8) is 0 Å². The number of H-pyrrole nitrogens is 1. The molecule has 3 heteroatoms. The first-order chi connectivity index (χ1) is 8.99. The second kappa shape index (κ2) is 5.91. The maximum Gasteiger partial charge on any atom is 0.178 e. The quantitative estimate of drug-likeness (QED) is 0.726. The minimum Gasteiger partial charge on any atom is -0.331 e. The number of nitrogens with zero attached hydrogens (tertiary/aromatic N) is 1. The fourth-order valence-electron chi connectivity index (χ4n) is 2.63. The number of nitrogens with one attached hydrogen (secondary N) is 1. The molecule has 1 heterocycles. The molecular formula is C16H24N2S. The van der Waals surface area contributed by atoms with E-state index in [1.165, 1.54) is 30.3 Å². The number of hydrogen-bond acceptors (Lipinski definition) is 1. The zero-order chi connectivity index (χ0) is 14.0. The highest BCUT2D eigenvalue weighted by Crippen LogP contribution is 2.24. The molecule has 2 nitrogen and oxygen atoms in total. The molecule has 1 aromatic carbocycles. The average molecular weight is 276 g/mol. The van der Waals surface area contributed by atoms with Crippen LogP contribution in [0.1, 0.15) is 51.6 Å². The first-order valence-corrected chi connectivity index (χ1v) is 7.60. The van der Waals surface area contributed by atoms with Crippen molar-refractivity contribution in [1.29, 1.82) is 0 Å². The molecule has 1 atom stereocenters. The number of aromatic nitrogens is 2. The van der Waals surface area contributed by atoms with Crippen molar-refractivity contribution in [1.82, 2.24) is 9.55 Å². The van der Waals surface area contributed by atoms with Gasteiger partial charge in [-0.25, -0.2) is 0 Å². The SMILES string of the molecule is Cc1ccc2c(c1)[nH]c(=S)n2C(C)CCCC(C)C. The van der Waals surface area contributed by atoms with E-state index in [4.69, 9.17) is 12.2 Å². The Bertz CT molecular complexity index is 607. The molecule has 0 aliphatic carbocycles. The third kappa shape index (κ3) is 3.27. The predicted octanol–water partition coefficient (Wildman–Crippen LogP) is 5.39. The molecule has 2 rings (SSSR count). The van der Waals surface area contributed by atoms with Gasteiger partial charge in [-0.15, -0.1) is 0 Å². The molecule has 1 unspecified atom stereocenters. The number of aryl methyl sites for hydroxylation is 1. The molecule has 1 aromatic heterocycles. The summed E-state index contributed by atoms with van der Waals surface area (Å²) in [6, 6.07) is 6.96. The second-order valence-electron chi connectivity index (χ2n) is 5.99. The van der Waals surface area contributed by atoms with Crippen molar-refractivity contribution >= 4 is 23.3 Å². The summed E-state index contributed by atoms with van der Waals surface area (Å²) in [6.45, 7) is 8.94. The van der Waals surface area contributed by atoms with E-state index in [1.54, 1.807) is 0 Å². The Morgan fingerprint density at radius 2 is 1.95 bits per heavy atom. The Hall–Kier alpha value is -1.09. The summed E-state index contributed by atoms with van der Waals surface area (Å²) < 4.78 is 3.11. The van der Waals surface area contributed by atoms with Gasteiger partial charge in [0.25, 0.3) is 0 Å². The Balaban J connectivity index is 2.24. The van der Waals surface area contributed by atoms with E-state index in [0.29, 0.717) is 6.04 Å². The molecule has 0 amide bonds. The van der Waals surface area contributed by atoms with Gasteiger partial charge >= 0.3 is 0 Å². The third-order valence-electron chi connectivity index (χ3n) is 3.72. The van der Waals surface area contributed by atoms with Crippen molar-refractivity contribution in [3.8, 4) is 0 Å². The monoisotopic (exact) mass is 276 g/mol. The lowest BCUT2D eigenvalue weighted by atomic mass is 10.0. The molecule has 2 aromatic rings. The van der Waals surface area contributed by atoms with Crippen molar-refractivity contribution in [2.45, 2.75) is 53.0 Å². The van der Waals surface area contributed by atoms with Gasteiger partial charge in [0.2, 0.25) is 0 Å². The lowest BCUT2D eigenvalue weighted by molar-refractivity contribution is 0.451. The molecule has 19 heavy (non-hydrogen) atoms. The van der Waals surface area contributed by atoms with Gasteiger partial charge in [0.15, 0.2) is 4.77 Å². The lowest BCUT2D eigenvalue weighted by Crippen LogP contribution is -2.05. The number of rotatable bonds is 5. The van der Waals surface area contributed by atoms with Crippen molar-refractivity contribution < 1.29 is 0 Å². The van der Waals surface area contributed by atoms with E-state index >= 15 is 0 Å². The highest BCUT2D eigenvalue weighted by Gasteiger charge is 2.11. The summed E-state index contributed by atoms with van der Waals surface area (Å²) in [5.41, 5.74) is 3.65. The Morgan fingerprint density at radius 3 is 2.63 bits per heavy atom. The standard InChI is InChI=1S/C16H24N2S/c1-11(2)6-5-7-13(4)18-15-9-8-12(3)10-14(15)17-16(18)19/h8-11,13H,5-7H2,1-4H3,(H,17,19). The molecule has 0 radical (unpaired) electrons. The smallest absolute Gasteiger partial charge is 0.178 e. The van der Waals surface area contributed by atoms with Crippen LogP contribution in [0.25, 0.3) is 11.0 Å². The Labute approximate surface area is 120 Å². The van der Waals surface area contributed by atoms with Gasteiger partial charge in [0.1, 0.15) is 0 Å². The molecular weight excluding hydrogens is 252 g/mol. The zero-order valence-electron chi connectivity index (χ0n) is 12.4. The van der Waals surface area contributed by atoms with E-state index in [-0.39, 0.29) is 0 Å². The van der Waals surface area contributed by atoms with Crippen LogP contribution in [0, 0.1) is 17.6 Å². The van der Waals surface area contributed by atoms with Crippen LogP contribution in [0.4, 0.5) is 0 Å². The predicted molar refractivity (Wildman–Crippen MR) is 85.3 cm³/mol. The van der Waals surface area contributed by atoms with Gasteiger partial charge in [-0.2, -0.15) is 0 Å². The second-order valence-corrected chi connectivity index (χ2v) is 6.38. The van der Waals surface area contributed by atoms with E-state index < -0.39 is 0 Å². The highest BCUT2D eigenvalue weighted by atomic mass is 32.1. The van der Waals surface area contributed by atoms with E-state index in [2.05, 4.69) is 55.4 Å². The zero-order valence-corrected chi connectivity index (χ0v) is 13.2. The summed E-state index contributed by atoms with van der Waals surface area (Å²) in [4.78, 5) is 3.33. The molecule has 104 valence electrons. The molecule has 0 fully saturated rings. The fraction of sp³-hybridized carbons (Fsp3) is 0.562. The minimum absolute atomic E-state index is 0.461. The number of fused-ring (bicyclic) bond motifs is 1. The minimum atomic E-state index is 0.461. The van der Waals surface area contributed by atoms with E-state index in [9.17, 15) is 0 Å². The fourth-order valence-corrected chi connectivity index (χ4v) is 3.02. The largest absolute Gasteiger partial charge is 0.331 e. The molecule has 0 saturated heterocycles. The van der Waals surface area contributed by atoms with Gasteiger partial charge in [-0.3, -0.25) is 0 Å². The maximum atomic E-state index is 5.48. The third-order valence-corrected chi connectivity index (χ3v) is 4.01. The van der Waals surface area contributed by atoms with Gasteiger partial charge in [-0.05, 0) is 56.1 Å². The normalized spacial score (nSPS) is 13.3. The molecule has 0 aliphatic rings. The van der Waals surface area contributed by atoms with Crippen LogP contribution in [0.2, 0.25) is 0 Å². The van der Waals surface area contributed by atoms with Crippen molar-refractivity contribution in [2.24, 2.45) is 5.92 Å². The van der Waals surface area contributed by atoms with Gasteiger partial charge < -0.3 is 9.55 Å². The van der Waals surface area contributed by atoms with Crippen LogP contribution in [-0.4, -0.2) is 9.55 Å². The number of aromatic amines is 1. The van der Waals surface area contributed by atoms with Crippen LogP contribution in [0.5, 0.6) is 0 Å². The summed E-state index contributed by atoms with van der Waals surface area (Å²) in [6.07, 6.45) is 3.74. The van der Waals surface area contributed by atoms with Crippen LogP contribution in [-0.2, 0) is 0 Å². The lowest BCUT2D eigenvalue weighted by Gasteiger charge is -2.15. The Morgan fingerprint density at radius 1 is 1.21 bits per heavy atom. The molecule has 0 bridgehead atoms. The number of benzene rings is 1. The summed E-state index contributed by atoms with van der Waals surface area (Å²) in [5, 5.41) is 0. The van der Waals surface area contributed by atoms with Crippen LogP contribution in [0.3, 0.4) is 0 Å². The Kier molecular flexibility index (Phi) is 4.46. The van der Waals surface area contributed by atoms with Crippen LogP contribution >= 0.6 is 12.2 Å². The average Bonchev–Trinajstić information content (AvgIpc) is 2.63. The summed E-state index contributed by atoms with van der Waals surface area (Å²) in [7, 11) is 0. The van der Waals surface area contributed by atoms with Gasteiger partial charge in [-0.1, -0.05) is 32.8 Å². The van der Waals surface area contributed by atoms with Crippen LogP contribution < -0.4 is 0 Å². The molecule has 0 saturated carbocycles. The number of imidazole rings is 1. The topological polar surface area (TPSA) is 20.7 Å². The molecule has 0 aliphatic heterocycles. The van der Waals surface area contributed by atoms with Gasteiger partial charge in [0.05, 0.1) is 11.0 Å². The van der Waals surface area contributed by atoms with Gasteiger partial charge in [0, 0.05) is 6.04 Å². The number of hydrogen-bond donors (Lipinski definition) is 1. The van der Waals surface area contributed by atoms with Crippen LogP contribution in [0.15, 0.2) is 18.2 Å². The first-order valence-electron chi connectivity index (χ1n) is 7.20. The first kappa shape index (κ1) is 14.3. The molecule has 0 spiro atoms. The van der Waals surface area contributed by atoms with E-state index in [0.717, 1.165) is 16.2 Å². The molecule has 1 N–H and O–H groups in total. The highest BCUT2D eigenvalue weighted by molar-refractivity contribution is 7.71. The summed E-state index contributed by atoms with van der Waals surface area (Å²) >= 11 is 5.48. The van der Waals surface area contributed by atoms with Crippen molar-refractivity contribution in [2.75, 3.05) is 0 Å².